The van der Waals surface area contributed by atoms with Crippen LogP contribution in [0, 0.1) is 5.92 Å². The van der Waals surface area contributed by atoms with Gasteiger partial charge in [0.1, 0.15) is 0 Å². The first-order valence-electron chi connectivity index (χ1n) is 3.91. The van der Waals surface area contributed by atoms with Crippen molar-refractivity contribution in [2.24, 2.45) is 17.4 Å². The molecule has 0 aromatic carbocycles. The molecule has 0 spiro atoms. The average Bonchev–Trinajstić information content (AvgIpc) is 2.05. The van der Waals surface area contributed by atoms with Crippen LogP contribution >= 0.6 is 0 Å². The Morgan fingerprint density at radius 1 is 1.73 bits per heavy atom. The highest BCUT2D eigenvalue weighted by atomic mass is 16.1. The van der Waals surface area contributed by atoms with Crippen molar-refractivity contribution in [1.29, 1.82) is 0 Å². The Kier molecular flexibility index (Phi) is 2.65. The molecule has 0 heterocycles. The molecule has 1 atom stereocenters. The van der Waals surface area contributed by atoms with Gasteiger partial charge in [0.2, 0.25) is 5.91 Å². The molecular weight excluding hydrogens is 140 g/mol. The van der Waals surface area contributed by atoms with Crippen LogP contribution in [0.5, 0.6) is 0 Å². The fourth-order valence-corrected chi connectivity index (χ4v) is 1.33. The van der Waals surface area contributed by atoms with Crippen molar-refractivity contribution >= 4 is 5.91 Å². The summed E-state index contributed by atoms with van der Waals surface area (Å²) in [5, 5.41) is 0. The summed E-state index contributed by atoms with van der Waals surface area (Å²) in [6.07, 6.45) is 4.63. The van der Waals surface area contributed by atoms with Crippen LogP contribution in [0.2, 0.25) is 0 Å². The second-order valence-electron chi connectivity index (χ2n) is 2.94. The third kappa shape index (κ3) is 2.05. The summed E-state index contributed by atoms with van der Waals surface area (Å²) in [6.45, 7) is 0.617. The number of carbonyl (C=O) groups is 1. The van der Waals surface area contributed by atoms with Gasteiger partial charge in [-0.05, 0) is 19.3 Å². The molecule has 3 heteroatoms. The number of carbonyl (C=O) groups excluding carboxylic acids is 1. The molecule has 0 saturated carbocycles. The van der Waals surface area contributed by atoms with Gasteiger partial charge in [-0.1, -0.05) is 11.6 Å². The molecule has 11 heavy (non-hydrogen) atoms. The molecule has 1 aliphatic rings. The predicted octanol–water partition coefficient (Wildman–Crippen LogP) is 0.157. The van der Waals surface area contributed by atoms with Crippen molar-refractivity contribution in [3.05, 3.63) is 11.6 Å². The molecule has 1 aliphatic carbocycles. The lowest BCUT2D eigenvalue weighted by Gasteiger charge is -2.17. The third-order valence-electron chi connectivity index (χ3n) is 2.17. The fraction of sp³-hybridized carbons (Fsp3) is 0.625. The van der Waals surface area contributed by atoms with E-state index in [0.29, 0.717) is 6.54 Å². The van der Waals surface area contributed by atoms with Gasteiger partial charge in [0.15, 0.2) is 0 Å². The van der Waals surface area contributed by atoms with E-state index in [0.717, 1.165) is 19.3 Å². The Balaban J connectivity index is 2.47. The normalized spacial score (nSPS) is 24.5. The first-order valence-corrected chi connectivity index (χ1v) is 3.91. The van der Waals surface area contributed by atoms with E-state index in [1.54, 1.807) is 0 Å². The first-order chi connectivity index (χ1) is 5.24. The minimum absolute atomic E-state index is 0.0466. The van der Waals surface area contributed by atoms with Gasteiger partial charge in [0.25, 0.3) is 0 Å². The number of hydrogen-bond acceptors (Lipinski definition) is 2. The fourth-order valence-electron chi connectivity index (χ4n) is 1.33. The molecule has 1 amide bonds. The molecule has 0 aliphatic heterocycles. The van der Waals surface area contributed by atoms with Gasteiger partial charge in [0.05, 0.1) is 0 Å². The molecule has 0 bridgehead atoms. The molecule has 0 fully saturated rings. The number of allylic oxidation sites excluding steroid dienone is 1. The van der Waals surface area contributed by atoms with Crippen molar-refractivity contribution in [1.82, 2.24) is 0 Å². The molecule has 3 nitrogen and oxygen atoms in total. The quantitative estimate of drug-likeness (QED) is 0.556. The van der Waals surface area contributed by atoms with Crippen molar-refractivity contribution < 1.29 is 4.79 Å². The Morgan fingerprint density at radius 3 is 2.82 bits per heavy atom. The van der Waals surface area contributed by atoms with Crippen LogP contribution in [-0.4, -0.2) is 12.5 Å². The highest BCUT2D eigenvalue weighted by Crippen LogP contribution is 2.22. The molecular formula is C8H14N2O. The zero-order valence-corrected chi connectivity index (χ0v) is 6.55. The summed E-state index contributed by atoms with van der Waals surface area (Å²) < 4.78 is 0. The lowest BCUT2D eigenvalue weighted by molar-refractivity contribution is -0.122. The van der Waals surface area contributed by atoms with Gasteiger partial charge in [0, 0.05) is 12.5 Å². The Morgan fingerprint density at radius 2 is 2.45 bits per heavy atom. The zero-order valence-electron chi connectivity index (χ0n) is 6.55. The molecule has 0 saturated heterocycles. The van der Waals surface area contributed by atoms with Gasteiger partial charge in [-0.3, -0.25) is 4.79 Å². The van der Waals surface area contributed by atoms with Crippen molar-refractivity contribution in [2.45, 2.75) is 19.3 Å². The van der Waals surface area contributed by atoms with Crippen molar-refractivity contribution in [3.8, 4) is 0 Å². The maximum absolute atomic E-state index is 10.7. The molecule has 0 radical (unpaired) electrons. The molecule has 0 aromatic rings. The topological polar surface area (TPSA) is 69.1 Å². The molecule has 62 valence electrons. The number of nitrogens with two attached hydrogens (primary N) is 2. The summed E-state index contributed by atoms with van der Waals surface area (Å²) in [6, 6.07) is 0. The van der Waals surface area contributed by atoms with Gasteiger partial charge >= 0.3 is 0 Å². The second-order valence-corrected chi connectivity index (χ2v) is 2.94. The predicted molar refractivity (Wildman–Crippen MR) is 43.7 cm³/mol. The summed E-state index contributed by atoms with van der Waals surface area (Å²) in [7, 11) is 0. The summed E-state index contributed by atoms with van der Waals surface area (Å²) in [5.74, 6) is -0.136. The first kappa shape index (κ1) is 8.27. The van der Waals surface area contributed by atoms with Crippen LogP contribution in [-0.2, 0) is 4.79 Å². The molecule has 0 aromatic heterocycles. The van der Waals surface area contributed by atoms with E-state index >= 15 is 0 Å². The van der Waals surface area contributed by atoms with E-state index in [4.69, 9.17) is 11.5 Å². The van der Waals surface area contributed by atoms with E-state index in [1.165, 1.54) is 5.57 Å². The summed E-state index contributed by atoms with van der Waals surface area (Å²) in [5.41, 5.74) is 11.8. The maximum Gasteiger partial charge on any atom is 0.220 e. The minimum Gasteiger partial charge on any atom is -0.369 e. The molecule has 1 rings (SSSR count). The SMILES string of the molecule is NCC1=CCC(C(N)=O)CC1. The van der Waals surface area contributed by atoms with Gasteiger partial charge in [-0.25, -0.2) is 0 Å². The third-order valence-corrected chi connectivity index (χ3v) is 2.17. The second kappa shape index (κ2) is 3.53. The van der Waals surface area contributed by atoms with Gasteiger partial charge < -0.3 is 11.5 Å². The summed E-state index contributed by atoms with van der Waals surface area (Å²) in [4.78, 5) is 10.7. The standard InChI is InChI=1S/C8H14N2O/c9-5-6-1-3-7(4-2-6)8(10)11/h1,7H,2-5,9H2,(H2,10,11). The van der Waals surface area contributed by atoms with Gasteiger partial charge in [-0.15, -0.1) is 0 Å². The van der Waals surface area contributed by atoms with Crippen LogP contribution in [0.1, 0.15) is 19.3 Å². The average molecular weight is 154 g/mol. The highest BCUT2D eigenvalue weighted by Gasteiger charge is 2.17. The van der Waals surface area contributed by atoms with E-state index < -0.39 is 0 Å². The Labute approximate surface area is 66.4 Å². The molecule has 1 unspecified atom stereocenters. The Bertz CT molecular complexity index is 187. The number of amides is 1. The van der Waals surface area contributed by atoms with E-state index in [1.807, 2.05) is 6.08 Å². The number of hydrogen-bond donors (Lipinski definition) is 2. The Hall–Kier alpha value is -0.830. The van der Waals surface area contributed by atoms with E-state index in [2.05, 4.69) is 0 Å². The number of rotatable bonds is 2. The van der Waals surface area contributed by atoms with Crippen molar-refractivity contribution in [2.75, 3.05) is 6.54 Å². The van der Waals surface area contributed by atoms with Gasteiger partial charge in [-0.2, -0.15) is 0 Å². The monoisotopic (exact) mass is 154 g/mol. The smallest absolute Gasteiger partial charge is 0.220 e. The van der Waals surface area contributed by atoms with Crippen LogP contribution in [0.4, 0.5) is 0 Å². The number of primary amides is 1. The minimum atomic E-state index is -0.183. The lowest BCUT2D eigenvalue weighted by atomic mass is 9.89. The van der Waals surface area contributed by atoms with Crippen LogP contribution in [0.15, 0.2) is 11.6 Å². The zero-order chi connectivity index (χ0) is 8.27. The lowest BCUT2D eigenvalue weighted by Crippen LogP contribution is -2.25. The van der Waals surface area contributed by atoms with Crippen LogP contribution in [0.25, 0.3) is 0 Å². The van der Waals surface area contributed by atoms with E-state index in [9.17, 15) is 4.79 Å². The van der Waals surface area contributed by atoms with E-state index in [-0.39, 0.29) is 11.8 Å². The van der Waals surface area contributed by atoms with Crippen molar-refractivity contribution in [3.63, 3.8) is 0 Å². The highest BCUT2D eigenvalue weighted by molar-refractivity contribution is 5.77. The molecule has 4 N–H and O–H groups in total. The van der Waals surface area contributed by atoms with Crippen LogP contribution in [0.3, 0.4) is 0 Å². The largest absolute Gasteiger partial charge is 0.369 e. The summed E-state index contributed by atoms with van der Waals surface area (Å²) >= 11 is 0. The maximum atomic E-state index is 10.7. The van der Waals surface area contributed by atoms with Crippen LogP contribution < -0.4 is 11.5 Å².